The quantitative estimate of drug-likeness (QED) is 0.371. The van der Waals surface area contributed by atoms with Crippen molar-refractivity contribution in [3.05, 3.63) is 108 Å². The molecule has 0 bridgehead atoms. The predicted molar refractivity (Wildman–Crippen MR) is 136 cm³/mol. The number of pyridine rings is 1. The molecule has 6 nitrogen and oxygen atoms in total. The fraction of sp³-hybridized carbons (Fsp3) is 0.138. The highest BCUT2D eigenvalue weighted by atomic mass is 16.5. The number of nitrogens with one attached hydrogen (secondary N) is 1. The lowest BCUT2D eigenvalue weighted by molar-refractivity contribution is -0.137. The lowest BCUT2D eigenvalue weighted by Gasteiger charge is -2.15. The van der Waals surface area contributed by atoms with Crippen LogP contribution in [0, 0.1) is 0 Å². The summed E-state index contributed by atoms with van der Waals surface area (Å²) in [5.74, 6) is -0.0398. The van der Waals surface area contributed by atoms with Crippen LogP contribution in [0.1, 0.15) is 25.1 Å². The number of anilines is 1. The zero-order chi connectivity index (χ0) is 24.4. The minimum atomic E-state index is -0.383. The molecular formula is C29H25N3O3. The Morgan fingerprint density at radius 3 is 2.34 bits per heavy atom. The molecule has 3 aromatic carbocycles. The second-order valence-corrected chi connectivity index (χ2v) is 8.61. The van der Waals surface area contributed by atoms with Crippen molar-refractivity contribution in [2.45, 2.75) is 26.5 Å². The summed E-state index contributed by atoms with van der Waals surface area (Å²) in [6, 6.07) is 26.5. The summed E-state index contributed by atoms with van der Waals surface area (Å²) in [7, 11) is 0. The van der Waals surface area contributed by atoms with Gasteiger partial charge in [-0.1, -0.05) is 54.6 Å². The van der Waals surface area contributed by atoms with Gasteiger partial charge in [0.1, 0.15) is 11.4 Å². The molecule has 2 heterocycles. The van der Waals surface area contributed by atoms with Crippen molar-refractivity contribution in [3.8, 4) is 5.75 Å². The van der Waals surface area contributed by atoms with Crippen molar-refractivity contribution in [3.63, 3.8) is 0 Å². The van der Waals surface area contributed by atoms with Gasteiger partial charge < -0.3 is 10.1 Å². The third kappa shape index (κ3) is 4.51. The molecule has 1 aliphatic rings. The standard InChI is InChI=1S/C29H25N3O3/c1-19(2)35-23-15-13-21(14-16-23)26-27(31-25-12-7-9-20-8-3-4-11-24(20)25)29(34)32(28(26)33)18-22-10-5-6-17-30-22/h3-17,19,31H,18H2,1-2H3. The van der Waals surface area contributed by atoms with Gasteiger partial charge in [-0.25, -0.2) is 0 Å². The van der Waals surface area contributed by atoms with Gasteiger partial charge in [-0.2, -0.15) is 0 Å². The number of nitrogens with zero attached hydrogens (tertiary/aromatic N) is 2. The van der Waals surface area contributed by atoms with E-state index < -0.39 is 0 Å². The van der Waals surface area contributed by atoms with Crippen LogP contribution < -0.4 is 10.1 Å². The van der Waals surface area contributed by atoms with E-state index in [4.69, 9.17) is 4.74 Å². The number of fused-ring (bicyclic) bond motifs is 1. The molecule has 0 unspecified atom stereocenters. The number of benzene rings is 3. The number of amides is 2. The van der Waals surface area contributed by atoms with Crippen LogP contribution in [-0.4, -0.2) is 27.8 Å². The smallest absolute Gasteiger partial charge is 0.278 e. The monoisotopic (exact) mass is 463 g/mol. The van der Waals surface area contributed by atoms with Gasteiger partial charge >= 0.3 is 0 Å². The Hall–Kier alpha value is -4.45. The molecule has 174 valence electrons. The van der Waals surface area contributed by atoms with Gasteiger partial charge in [-0.15, -0.1) is 0 Å². The highest BCUT2D eigenvalue weighted by Crippen LogP contribution is 2.34. The third-order valence-electron chi connectivity index (χ3n) is 5.78. The molecule has 6 heteroatoms. The van der Waals surface area contributed by atoms with Crippen LogP contribution in [0.4, 0.5) is 5.69 Å². The molecule has 1 aliphatic heterocycles. The van der Waals surface area contributed by atoms with Crippen LogP contribution in [0.15, 0.2) is 96.8 Å². The highest BCUT2D eigenvalue weighted by molar-refractivity contribution is 6.36. The Bertz CT molecular complexity index is 1420. The Labute approximate surface area is 203 Å². The van der Waals surface area contributed by atoms with E-state index in [1.807, 2.05) is 86.6 Å². The number of hydrogen-bond acceptors (Lipinski definition) is 5. The average molecular weight is 464 g/mol. The molecule has 0 saturated carbocycles. The first-order valence-corrected chi connectivity index (χ1v) is 11.5. The zero-order valence-electron chi connectivity index (χ0n) is 19.6. The number of rotatable bonds is 7. The van der Waals surface area contributed by atoms with Crippen LogP contribution in [0.5, 0.6) is 5.75 Å². The molecule has 2 amide bonds. The van der Waals surface area contributed by atoms with Crippen LogP contribution in [0.25, 0.3) is 16.3 Å². The Kier molecular flexibility index (Phi) is 6.02. The SMILES string of the molecule is CC(C)Oc1ccc(C2=C(Nc3cccc4ccccc34)C(=O)N(Cc3ccccn3)C2=O)cc1. The van der Waals surface area contributed by atoms with Crippen LogP contribution >= 0.6 is 0 Å². The Balaban J connectivity index is 1.57. The number of carbonyl (C=O) groups is 2. The third-order valence-corrected chi connectivity index (χ3v) is 5.78. The van der Waals surface area contributed by atoms with Crippen molar-refractivity contribution in [1.29, 1.82) is 0 Å². The normalized spacial score (nSPS) is 13.7. The Morgan fingerprint density at radius 1 is 0.857 bits per heavy atom. The first kappa shape index (κ1) is 22.3. The molecule has 1 aromatic heterocycles. The van der Waals surface area contributed by atoms with Crippen LogP contribution in [0.2, 0.25) is 0 Å². The minimum absolute atomic E-state index is 0.0345. The maximum Gasteiger partial charge on any atom is 0.278 e. The summed E-state index contributed by atoms with van der Waals surface area (Å²) in [4.78, 5) is 32.7. The number of imide groups is 1. The second kappa shape index (κ2) is 9.43. The first-order valence-electron chi connectivity index (χ1n) is 11.5. The molecule has 0 spiro atoms. The van der Waals surface area contributed by atoms with Gasteiger partial charge in [-0.3, -0.25) is 19.5 Å². The first-order chi connectivity index (χ1) is 17.0. The van der Waals surface area contributed by atoms with Crippen molar-refractivity contribution >= 4 is 33.8 Å². The summed E-state index contributed by atoms with van der Waals surface area (Å²) in [5.41, 5.74) is 2.62. The van der Waals surface area contributed by atoms with E-state index in [1.165, 1.54) is 4.90 Å². The topological polar surface area (TPSA) is 71.5 Å². The predicted octanol–water partition coefficient (Wildman–Crippen LogP) is 5.41. The summed E-state index contributed by atoms with van der Waals surface area (Å²) in [6.07, 6.45) is 1.68. The van der Waals surface area contributed by atoms with Crippen molar-refractivity contribution in [2.24, 2.45) is 0 Å². The van der Waals surface area contributed by atoms with Crippen LogP contribution in [-0.2, 0) is 16.1 Å². The van der Waals surface area contributed by atoms with Crippen molar-refractivity contribution in [2.75, 3.05) is 5.32 Å². The number of aromatic nitrogens is 1. The van der Waals surface area contributed by atoms with E-state index in [0.29, 0.717) is 22.6 Å². The fourth-order valence-corrected chi connectivity index (χ4v) is 4.20. The molecule has 0 fully saturated rings. The second-order valence-electron chi connectivity index (χ2n) is 8.61. The van der Waals surface area contributed by atoms with Gasteiger partial charge in [0.25, 0.3) is 11.8 Å². The van der Waals surface area contributed by atoms with E-state index in [1.54, 1.807) is 18.3 Å². The zero-order valence-corrected chi connectivity index (χ0v) is 19.6. The van der Waals surface area contributed by atoms with E-state index in [9.17, 15) is 9.59 Å². The maximum atomic E-state index is 13.6. The maximum absolute atomic E-state index is 13.6. The number of ether oxygens (including phenoxy) is 1. The largest absolute Gasteiger partial charge is 0.491 e. The van der Waals surface area contributed by atoms with E-state index in [2.05, 4.69) is 10.3 Å². The molecule has 4 aromatic rings. The molecular weight excluding hydrogens is 438 g/mol. The number of carbonyl (C=O) groups excluding carboxylic acids is 2. The van der Waals surface area contributed by atoms with E-state index in [0.717, 1.165) is 16.5 Å². The van der Waals surface area contributed by atoms with E-state index in [-0.39, 0.29) is 30.2 Å². The molecule has 0 atom stereocenters. The summed E-state index contributed by atoms with van der Waals surface area (Å²) in [5, 5.41) is 5.29. The summed E-state index contributed by atoms with van der Waals surface area (Å²) in [6.45, 7) is 4.01. The molecule has 35 heavy (non-hydrogen) atoms. The van der Waals surface area contributed by atoms with Gasteiger partial charge in [0.2, 0.25) is 0 Å². The van der Waals surface area contributed by atoms with Crippen LogP contribution in [0.3, 0.4) is 0 Å². The van der Waals surface area contributed by atoms with E-state index >= 15 is 0 Å². The molecule has 0 saturated heterocycles. The minimum Gasteiger partial charge on any atom is -0.491 e. The van der Waals surface area contributed by atoms with Crippen molar-refractivity contribution < 1.29 is 14.3 Å². The molecule has 5 rings (SSSR count). The van der Waals surface area contributed by atoms with Gasteiger partial charge in [0, 0.05) is 17.3 Å². The molecule has 0 radical (unpaired) electrons. The fourth-order valence-electron chi connectivity index (χ4n) is 4.20. The van der Waals surface area contributed by atoms with Gasteiger partial charge in [0.05, 0.1) is 23.9 Å². The highest BCUT2D eigenvalue weighted by Gasteiger charge is 2.39. The Morgan fingerprint density at radius 2 is 1.60 bits per heavy atom. The lowest BCUT2D eigenvalue weighted by atomic mass is 10.0. The number of hydrogen-bond donors (Lipinski definition) is 1. The average Bonchev–Trinajstić information content (AvgIpc) is 3.09. The van der Waals surface area contributed by atoms with Gasteiger partial charge in [-0.05, 0) is 55.1 Å². The van der Waals surface area contributed by atoms with Gasteiger partial charge in [0.15, 0.2) is 0 Å². The van der Waals surface area contributed by atoms with Crippen molar-refractivity contribution in [1.82, 2.24) is 9.88 Å². The summed E-state index contributed by atoms with van der Waals surface area (Å²) >= 11 is 0. The molecule has 0 aliphatic carbocycles. The summed E-state index contributed by atoms with van der Waals surface area (Å²) < 4.78 is 5.75. The molecule has 1 N–H and O–H groups in total. The lowest BCUT2D eigenvalue weighted by Crippen LogP contribution is -2.32.